The second-order valence-corrected chi connectivity index (χ2v) is 6.06. The molecule has 4 heteroatoms. The van der Waals surface area contributed by atoms with E-state index < -0.39 is 0 Å². The summed E-state index contributed by atoms with van der Waals surface area (Å²) >= 11 is 0. The van der Waals surface area contributed by atoms with Gasteiger partial charge >= 0.3 is 0 Å². The standard InChI is InChI=1S/C20H17N3O/c24-18(15-7-3-1-4-8-15)16-13-21-19(22-14-16)23-20(11-12-20)17-9-5-2-6-10-17/h1-10,13-14H,11-12H2,(H,21,22,23). The van der Waals surface area contributed by atoms with Gasteiger partial charge in [-0.3, -0.25) is 4.79 Å². The van der Waals surface area contributed by atoms with E-state index in [9.17, 15) is 4.79 Å². The van der Waals surface area contributed by atoms with Crippen molar-refractivity contribution in [2.24, 2.45) is 0 Å². The van der Waals surface area contributed by atoms with Crippen LogP contribution in [0.3, 0.4) is 0 Å². The van der Waals surface area contributed by atoms with Crippen molar-refractivity contribution >= 4 is 11.7 Å². The van der Waals surface area contributed by atoms with E-state index in [1.165, 1.54) is 5.56 Å². The summed E-state index contributed by atoms with van der Waals surface area (Å²) in [5.41, 5.74) is 2.32. The third-order valence-corrected chi connectivity index (χ3v) is 4.38. The highest BCUT2D eigenvalue weighted by molar-refractivity contribution is 6.08. The second kappa shape index (κ2) is 5.89. The fourth-order valence-electron chi connectivity index (χ4n) is 2.85. The van der Waals surface area contributed by atoms with Crippen LogP contribution in [0.1, 0.15) is 34.3 Å². The molecule has 4 nitrogen and oxygen atoms in total. The van der Waals surface area contributed by atoms with E-state index in [1.54, 1.807) is 24.5 Å². The monoisotopic (exact) mass is 315 g/mol. The summed E-state index contributed by atoms with van der Waals surface area (Å²) in [5.74, 6) is 0.493. The lowest BCUT2D eigenvalue weighted by atomic mass is 10.1. The summed E-state index contributed by atoms with van der Waals surface area (Å²) in [4.78, 5) is 21.0. The number of hydrogen-bond acceptors (Lipinski definition) is 4. The maximum absolute atomic E-state index is 12.4. The summed E-state index contributed by atoms with van der Waals surface area (Å²) in [5, 5.41) is 3.42. The molecule has 0 radical (unpaired) electrons. The largest absolute Gasteiger partial charge is 0.345 e. The highest BCUT2D eigenvalue weighted by Gasteiger charge is 2.44. The molecule has 2 aromatic carbocycles. The average molecular weight is 315 g/mol. The van der Waals surface area contributed by atoms with Crippen molar-refractivity contribution in [2.45, 2.75) is 18.4 Å². The van der Waals surface area contributed by atoms with Crippen LogP contribution >= 0.6 is 0 Å². The van der Waals surface area contributed by atoms with Gasteiger partial charge in [0.05, 0.1) is 11.1 Å². The number of carbonyl (C=O) groups excluding carboxylic acids is 1. The van der Waals surface area contributed by atoms with Gasteiger partial charge in [0.15, 0.2) is 5.78 Å². The molecule has 1 aliphatic carbocycles. The van der Waals surface area contributed by atoms with Crippen LogP contribution in [0.25, 0.3) is 0 Å². The molecule has 24 heavy (non-hydrogen) atoms. The number of ketones is 1. The number of carbonyl (C=O) groups is 1. The van der Waals surface area contributed by atoms with Gasteiger partial charge in [0.2, 0.25) is 5.95 Å². The molecular weight excluding hydrogens is 298 g/mol. The van der Waals surface area contributed by atoms with E-state index in [4.69, 9.17) is 0 Å². The van der Waals surface area contributed by atoms with Crippen molar-refractivity contribution in [1.29, 1.82) is 0 Å². The first-order chi connectivity index (χ1) is 11.8. The Morgan fingerprint density at radius 3 is 2.00 bits per heavy atom. The Hall–Kier alpha value is -3.01. The molecule has 118 valence electrons. The fourth-order valence-corrected chi connectivity index (χ4v) is 2.85. The van der Waals surface area contributed by atoms with Crippen molar-refractivity contribution in [1.82, 2.24) is 9.97 Å². The van der Waals surface area contributed by atoms with Gasteiger partial charge < -0.3 is 5.32 Å². The van der Waals surface area contributed by atoms with Crippen LogP contribution in [0.5, 0.6) is 0 Å². The summed E-state index contributed by atoms with van der Waals surface area (Å²) in [6.45, 7) is 0. The number of anilines is 1. The molecule has 0 atom stereocenters. The molecule has 3 aromatic rings. The van der Waals surface area contributed by atoms with Crippen LogP contribution in [0.2, 0.25) is 0 Å². The zero-order chi connectivity index (χ0) is 16.4. The maximum Gasteiger partial charge on any atom is 0.223 e. The first-order valence-electron chi connectivity index (χ1n) is 8.02. The van der Waals surface area contributed by atoms with Crippen molar-refractivity contribution < 1.29 is 4.79 Å². The molecule has 1 N–H and O–H groups in total. The summed E-state index contributed by atoms with van der Waals surface area (Å²) < 4.78 is 0. The normalized spacial score (nSPS) is 14.8. The van der Waals surface area contributed by atoms with Crippen molar-refractivity contribution in [3.8, 4) is 0 Å². The van der Waals surface area contributed by atoms with Gasteiger partial charge in [-0.15, -0.1) is 0 Å². The van der Waals surface area contributed by atoms with Gasteiger partial charge in [0.25, 0.3) is 0 Å². The van der Waals surface area contributed by atoms with E-state index in [2.05, 4.69) is 27.4 Å². The van der Waals surface area contributed by atoms with Crippen LogP contribution < -0.4 is 5.32 Å². The third-order valence-electron chi connectivity index (χ3n) is 4.38. The van der Waals surface area contributed by atoms with Crippen LogP contribution in [0.15, 0.2) is 73.1 Å². The number of rotatable bonds is 5. The molecule has 0 aliphatic heterocycles. The van der Waals surface area contributed by atoms with E-state index in [0.717, 1.165) is 12.8 Å². The highest BCUT2D eigenvalue weighted by atomic mass is 16.1. The fraction of sp³-hybridized carbons (Fsp3) is 0.150. The Labute approximate surface area is 140 Å². The lowest BCUT2D eigenvalue weighted by Crippen LogP contribution is -2.20. The molecule has 0 spiro atoms. The van der Waals surface area contributed by atoms with Gasteiger partial charge in [-0.1, -0.05) is 60.7 Å². The van der Waals surface area contributed by atoms with E-state index in [0.29, 0.717) is 17.1 Å². The third kappa shape index (κ3) is 2.78. The smallest absolute Gasteiger partial charge is 0.223 e. The van der Waals surface area contributed by atoms with Crippen molar-refractivity contribution in [3.63, 3.8) is 0 Å². The average Bonchev–Trinajstić information content (AvgIpc) is 3.44. The predicted molar refractivity (Wildman–Crippen MR) is 92.9 cm³/mol. The second-order valence-electron chi connectivity index (χ2n) is 6.06. The Morgan fingerprint density at radius 1 is 0.833 bits per heavy atom. The molecule has 0 bridgehead atoms. The molecule has 1 saturated carbocycles. The van der Waals surface area contributed by atoms with E-state index >= 15 is 0 Å². The number of aromatic nitrogens is 2. The molecule has 0 amide bonds. The SMILES string of the molecule is O=C(c1ccccc1)c1cnc(NC2(c3ccccc3)CC2)nc1. The lowest BCUT2D eigenvalue weighted by Gasteiger charge is -2.17. The van der Waals surface area contributed by atoms with Crippen LogP contribution in [-0.2, 0) is 5.54 Å². The zero-order valence-electron chi connectivity index (χ0n) is 13.1. The number of benzene rings is 2. The van der Waals surface area contributed by atoms with Gasteiger partial charge in [-0.2, -0.15) is 0 Å². The Morgan fingerprint density at radius 2 is 1.42 bits per heavy atom. The highest BCUT2D eigenvalue weighted by Crippen LogP contribution is 2.47. The number of hydrogen-bond donors (Lipinski definition) is 1. The Balaban J connectivity index is 1.52. The summed E-state index contributed by atoms with van der Waals surface area (Å²) in [6, 6.07) is 19.5. The number of nitrogens with one attached hydrogen (secondary N) is 1. The molecule has 0 saturated heterocycles. The van der Waals surface area contributed by atoms with E-state index in [1.807, 2.05) is 36.4 Å². The topological polar surface area (TPSA) is 54.9 Å². The zero-order valence-corrected chi connectivity index (χ0v) is 13.1. The quantitative estimate of drug-likeness (QED) is 0.727. The predicted octanol–water partition coefficient (Wildman–Crippen LogP) is 3.81. The molecule has 1 fully saturated rings. The van der Waals surface area contributed by atoms with E-state index in [-0.39, 0.29) is 11.3 Å². The summed E-state index contributed by atoms with van der Waals surface area (Å²) in [6.07, 6.45) is 5.30. The van der Waals surface area contributed by atoms with Crippen LogP contribution in [0.4, 0.5) is 5.95 Å². The van der Waals surface area contributed by atoms with Gasteiger partial charge in [0.1, 0.15) is 0 Å². The first-order valence-corrected chi connectivity index (χ1v) is 8.02. The van der Waals surface area contributed by atoms with Crippen molar-refractivity contribution in [2.75, 3.05) is 5.32 Å². The van der Waals surface area contributed by atoms with Crippen LogP contribution in [0, 0.1) is 0 Å². The minimum absolute atomic E-state index is 0.0633. The first kappa shape index (κ1) is 14.6. The molecule has 0 unspecified atom stereocenters. The van der Waals surface area contributed by atoms with Gasteiger partial charge in [-0.25, -0.2) is 9.97 Å². The molecule has 1 heterocycles. The maximum atomic E-state index is 12.4. The molecular formula is C20H17N3O. The van der Waals surface area contributed by atoms with Crippen LogP contribution in [-0.4, -0.2) is 15.8 Å². The minimum Gasteiger partial charge on any atom is -0.345 e. The lowest BCUT2D eigenvalue weighted by molar-refractivity contribution is 0.103. The number of nitrogens with zero attached hydrogens (tertiary/aromatic N) is 2. The van der Waals surface area contributed by atoms with Gasteiger partial charge in [-0.05, 0) is 18.4 Å². The van der Waals surface area contributed by atoms with Gasteiger partial charge in [0, 0.05) is 18.0 Å². The molecule has 4 rings (SSSR count). The molecule has 1 aliphatic rings. The Bertz CT molecular complexity index is 841. The Kier molecular flexibility index (Phi) is 3.58. The minimum atomic E-state index is -0.0636. The van der Waals surface area contributed by atoms with Crippen molar-refractivity contribution in [3.05, 3.63) is 89.7 Å². The molecule has 1 aromatic heterocycles. The summed E-state index contributed by atoms with van der Waals surface area (Å²) in [7, 11) is 0.